The third kappa shape index (κ3) is 4.39. The molecule has 0 aromatic heterocycles. The van der Waals surface area contributed by atoms with Gasteiger partial charge in [0.2, 0.25) is 0 Å². The molecule has 0 amide bonds. The minimum absolute atomic E-state index is 0.140. The zero-order chi connectivity index (χ0) is 19.7. The van der Waals surface area contributed by atoms with Crippen LogP contribution in [0.3, 0.4) is 0 Å². The average Bonchev–Trinajstić information content (AvgIpc) is 2.82. The monoisotopic (exact) mass is 380 g/mol. The molecule has 1 unspecified atom stereocenters. The summed E-state index contributed by atoms with van der Waals surface area (Å²) in [6, 6.07) is 21.9. The quantitative estimate of drug-likeness (QED) is 0.633. The van der Waals surface area contributed by atoms with Crippen molar-refractivity contribution in [1.29, 1.82) is 0 Å². The fraction of sp³-hybridized carbons (Fsp3) is 0.478. The van der Waals surface area contributed by atoms with Crippen molar-refractivity contribution < 1.29 is 9.31 Å². The van der Waals surface area contributed by atoms with Gasteiger partial charge in [-0.05, 0) is 51.5 Å². The first-order valence-electron chi connectivity index (χ1n) is 10.1. The van der Waals surface area contributed by atoms with Crippen LogP contribution in [0.5, 0.6) is 0 Å². The zero-order valence-electron chi connectivity index (χ0n) is 17.7. The summed E-state index contributed by atoms with van der Waals surface area (Å²) in [5.74, 6) is 0. The zero-order valence-corrected chi connectivity index (χ0v) is 18.7. The summed E-state index contributed by atoms with van der Waals surface area (Å²) in [5, 5.41) is 1.50. The van der Waals surface area contributed by atoms with Gasteiger partial charge in [-0.1, -0.05) is 78.9 Å². The Labute approximate surface area is 166 Å². The standard InChI is InChI=1S/C23H33BO2Si/c1-22(2)23(3,4)26-24(25-22)18-21(17-19-13-9-7-10-14-19)27(5,6)20-15-11-8-12-16-20/h7-16,21H,17-18H2,1-6H3. The Balaban J connectivity index is 1.87. The topological polar surface area (TPSA) is 18.5 Å². The van der Waals surface area contributed by atoms with Gasteiger partial charge >= 0.3 is 7.12 Å². The number of benzene rings is 2. The molecule has 4 heteroatoms. The van der Waals surface area contributed by atoms with Gasteiger partial charge in [-0.15, -0.1) is 0 Å². The van der Waals surface area contributed by atoms with E-state index in [0.29, 0.717) is 5.54 Å². The van der Waals surface area contributed by atoms with Crippen LogP contribution < -0.4 is 5.19 Å². The van der Waals surface area contributed by atoms with Crippen molar-refractivity contribution in [2.24, 2.45) is 0 Å². The van der Waals surface area contributed by atoms with Crippen LogP contribution in [-0.2, 0) is 15.7 Å². The van der Waals surface area contributed by atoms with E-state index in [-0.39, 0.29) is 18.3 Å². The highest BCUT2D eigenvalue weighted by molar-refractivity contribution is 6.91. The number of rotatable bonds is 6. The highest BCUT2D eigenvalue weighted by Crippen LogP contribution is 2.41. The highest BCUT2D eigenvalue weighted by Gasteiger charge is 2.52. The third-order valence-corrected chi connectivity index (χ3v) is 10.9. The molecule has 1 aliphatic rings. The van der Waals surface area contributed by atoms with E-state index in [1.54, 1.807) is 0 Å². The summed E-state index contributed by atoms with van der Waals surface area (Å²) < 4.78 is 12.7. The van der Waals surface area contributed by atoms with Crippen molar-refractivity contribution in [3.8, 4) is 0 Å². The molecule has 0 radical (unpaired) electrons. The van der Waals surface area contributed by atoms with Gasteiger partial charge in [-0.2, -0.15) is 0 Å². The maximum absolute atomic E-state index is 6.36. The van der Waals surface area contributed by atoms with Crippen molar-refractivity contribution in [2.75, 3.05) is 0 Å². The molecule has 2 aromatic carbocycles. The maximum atomic E-state index is 6.36. The molecule has 1 saturated heterocycles. The fourth-order valence-corrected chi connectivity index (χ4v) is 6.98. The van der Waals surface area contributed by atoms with E-state index in [2.05, 4.69) is 101 Å². The van der Waals surface area contributed by atoms with Gasteiger partial charge < -0.3 is 9.31 Å². The largest absolute Gasteiger partial charge is 0.457 e. The molecule has 0 spiro atoms. The lowest BCUT2D eigenvalue weighted by molar-refractivity contribution is 0.00578. The number of hydrogen-bond donors (Lipinski definition) is 0. The minimum atomic E-state index is -1.71. The molecule has 0 aliphatic carbocycles. The molecule has 0 N–H and O–H groups in total. The first-order chi connectivity index (χ1) is 12.6. The summed E-state index contributed by atoms with van der Waals surface area (Å²) >= 11 is 0. The summed E-state index contributed by atoms with van der Waals surface area (Å²) in [4.78, 5) is 0. The van der Waals surface area contributed by atoms with Gasteiger partial charge in [0.25, 0.3) is 0 Å². The van der Waals surface area contributed by atoms with Gasteiger partial charge in [0, 0.05) is 0 Å². The fourth-order valence-electron chi connectivity index (χ4n) is 3.93. The summed E-state index contributed by atoms with van der Waals surface area (Å²) in [5.41, 5.74) is 1.40. The smallest absolute Gasteiger partial charge is 0.403 e. The van der Waals surface area contributed by atoms with Crippen LogP contribution in [0.25, 0.3) is 0 Å². The Hall–Kier alpha value is -1.36. The average molecular weight is 380 g/mol. The van der Waals surface area contributed by atoms with Crippen molar-refractivity contribution >= 4 is 20.4 Å². The molecule has 1 fully saturated rings. The molecule has 1 atom stereocenters. The maximum Gasteiger partial charge on any atom is 0.457 e. The SMILES string of the molecule is CC1(C)OB(CC(Cc2ccccc2)[Si](C)(C)c2ccccc2)OC1(C)C. The highest BCUT2D eigenvalue weighted by atomic mass is 28.3. The molecule has 144 valence electrons. The summed E-state index contributed by atoms with van der Waals surface area (Å²) in [6.45, 7) is 13.5. The van der Waals surface area contributed by atoms with Crippen LogP contribution in [0.15, 0.2) is 60.7 Å². The van der Waals surface area contributed by atoms with Crippen LogP contribution in [0.1, 0.15) is 33.3 Å². The molecule has 0 bridgehead atoms. The van der Waals surface area contributed by atoms with E-state index in [1.807, 2.05) is 0 Å². The van der Waals surface area contributed by atoms with Crippen molar-refractivity contribution in [3.63, 3.8) is 0 Å². The Kier molecular flexibility index (Phi) is 5.72. The molecule has 2 nitrogen and oxygen atoms in total. The van der Waals surface area contributed by atoms with Gasteiger partial charge in [0.15, 0.2) is 0 Å². The minimum Gasteiger partial charge on any atom is -0.403 e. The van der Waals surface area contributed by atoms with Crippen LogP contribution in [0.2, 0.25) is 25.0 Å². The third-order valence-electron chi connectivity index (χ3n) is 6.64. The molecule has 27 heavy (non-hydrogen) atoms. The van der Waals surface area contributed by atoms with Crippen molar-refractivity contribution in [2.45, 2.75) is 70.3 Å². The lowest BCUT2D eigenvalue weighted by Crippen LogP contribution is -2.48. The lowest BCUT2D eigenvalue weighted by Gasteiger charge is -2.34. The number of hydrogen-bond acceptors (Lipinski definition) is 2. The van der Waals surface area contributed by atoms with Gasteiger partial charge in [0.05, 0.1) is 19.3 Å². The molecular formula is C23H33BO2Si. The van der Waals surface area contributed by atoms with Gasteiger partial charge in [-0.25, -0.2) is 0 Å². The van der Waals surface area contributed by atoms with Crippen LogP contribution >= 0.6 is 0 Å². The van der Waals surface area contributed by atoms with Crippen LogP contribution in [0.4, 0.5) is 0 Å². The first-order valence-corrected chi connectivity index (χ1v) is 13.1. The Bertz CT molecular complexity index is 727. The van der Waals surface area contributed by atoms with E-state index in [4.69, 9.17) is 9.31 Å². The van der Waals surface area contributed by atoms with Crippen molar-refractivity contribution in [3.05, 3.63) is 66.2 Å². The second-order valence-corrected chi connectivity index (χ2v) is 14.2. The molecule has 0 saturated carbocycles. The first kappa shape index (κ1) is 20.4. The Morgan fingerprint density at radius 3 is 1.81 bits per heavy atom. The van der Waals surface area contributed by atoms with E-state index >= 15 is 0 Å². The van der Waals surface area contributed by atoms with Gasteiger partial charge in [-0.3, -0.25) is 0 Å². The second-order valence-electron chi connectivity index (χ2n) is 9.40. The summed E-state index contributed by atoms with van der Waals surface area (Å²) in [7, 11) is -1.85. The second kappa shape index (κ2) is 7.57. The van der Waals surface area contributed by atoms with Gasteiger partial charge in [0.1, 0.15) is 0 Å². The normalized spacial score (nSPS) is 19.9. The predicted molar refractivity (Wildman–Crippen MR) is 118 cm³/mol. The van der Waals surface area contributed by atoms with E-state index in [1.165, 1.54) is 10.8 Å². The molecular weight excluding hydrogens is 347 g/mol. The summed E-state index contributed by atoms with van der Waals surface area (Å²) in [6.07, 6.45) is 2.01. The molecule has 3 rings (SSSR count). The van der Waals surface area contributed by atoms with E-state index in [9.17, 15) is 0 Å². The Morgan fingerprint density at radius 2 is 1.30 bits per heavy atom. The molecule has 2 aromatic rings. The predicted octanol–water partition coefficient (Wildman–Crippen LogP) is 5.31. The lowest BCUT2D eigenvalue weighted by atomic mass is 9.81. The van der Waals surface area contributed by atoms with E-state index in [0.717, 1.165) is 12.7 Å². The Morgan fingerprint density at radius 1 is 0.815 bits per heavy atom. The van der Waals surface area contributed by atoms with Crippen LogP contribution in [-0.4, -0.2) is 26.4 Å². The van der Waals surface area contributed by atoms with Crippen LogP contribution in [0, 0.1) is 0 Å². The van der Waals surface area contributed by atoms with Crippen molar-refractivity contribution in [1.82, 2.24) is 0 Å². The molecule has 1 heterocycles. The molecule has 1 aliphatic heterocycles. The van der Waals surface area contributed by atoms with E-state index < -0.39 is 8.07 Å².